The van der Waals surface area contributed by atoms with Crippen molar-refractivity contribution in [1.29, 1.82) is 0 Å². The maximum atomic E-state index is 12.1. The van der Waals surface area contributed by atoms with Gasteiger partial charge in [0.15, 0.2) is 5.75 Å². The summed E-state index contributed by atoms with van der Waals surface area (Å²) in [6.07, 6.45) is 1.49. The van der Waals surface area contributed by atoms with Crippen molar-refractivity contribution in [3.63, 3.8) is 0 Å². The average Bonchev–Trinajstić information content (AvgIpc) is 3.41. The van der Waals surface area contributed by atoms with Gasteiger partial charge in [-0.3, -0.25) is 0 Å². The van der Waals surface area contributed by atoms with Crippen LogP contribution in [0.2, 0.25) is 0 Å². The maximum absolute atomic E-state index is 12.1. The van der Waals surface area contributed by atoms with E-state index in [2.05, 4.69) is 10.8 Å². The number of carbonyl (C=O) groups excluding carboxylic acids is 1. The summed E-state index contributed by atoms with van der Waals surface area (Å²) >= 11 is 0. The lowest BCUT2D eigenvalue weighted by Gasteiger charge is -2.10. The van der Waals surface area contributed by atoms with Gasteiger partial charge in [-0.25, -0.2) is 4.79 Å². The first-order valence-electron chi connectivity index (χ1n) is 8.18. The molecule has 1 aliphatic heterocycles. The van der Waals surface area contributed by atoms with Gasteiger partial charge in [0.25, 0.3) is 0 Å². The zero-order valence-electron chi connectivity index (χ0n) is 15.3. The molecule has 2 heterocycles. The van der Waals surface area contributed by atoms with Crippen LogP contribution in [-0.2, 0) is 4.74 Å². The molecule has 1 aromatic heterocycles. The first-order valence-corrected chi connectivity index (χ1v) is 8.18. The van der Waals surface area contributed by atoms with Crippen molar-refractivity contribution < 1.29 is 33.2 Å². The van der Waals surface area contributed by atoms with Crippen LogP contribution in [0.15, 0.2) is 41.1 Å². The molecule has 0 atom stereocenters. The predicted octanol–water partition coefficient (Wildman–Crippen LogP) is 3.00. The largest absolute Gasteiger partial charge is 0.496 e. The molecule has 9 nitrogen and oxygen atoms in total. The molecule has 0 bridgehead atoms. The Balaban J connectivity index is 1.82. The van der Waals surface area contributed by atoms with Gasteiger partial charge in [-0.2, -0.15) is 0 Å². The smallest absolute Gasteiger partial charge is 0.341 e. The lowest BCUT2D eigenvalue weighted by atomic mass is 9.99. The van der Waals surface area contributed by atoms with Crippen LogP contribution in [0.5, 0.6) is 23.0 Å². The molecule has 1 aliphatic rings. The summed E-state index contributed by atoms with van der Waals surface area (Å²) in [6, 6.07) is 8.63. The Hall–Kier alpha value is -3.72. The molecule has 0 radical (unpaired) electrons. The van der Waals surface area contributed by atoms with Crippen molar-refractivity contribution in [2.45, 2.75) is 0 Å². The molecule has 0 saturated heterocycles. The third kappa shape index (κ3) is 2.87. The molecule has 28 heavy (non-hydrogen) atoms. The molecule has 9 heteroatoms. The van der Waals surface area contributed by atoms with E-state index in [1.807, 2.05) is 0 Å². The van der Waals surface area contributed by atoms with E-state index in [-0.39, 0.29) is 0 Å². The first-order chi connectivity index (χ1) is 13.7. The Labute approximate surface area is 159 Å². The molecule has 3 aromatic rings. The SMILES string of the molecule is COC(=O)c1cc(-c2conc2-c2cc(OC)c3c(c2)ONO3)ccc1OC. The van der Waals surface area contributed by atoms with Crippen molar-refractivity contribution in [3.05, 3.63) is 42.2 Å². The second kappa shape index (κ2) is 7.12. The van der Waals surface area contributed by atoms with Gasteiger partial charge in [-0.1, -0.05) is 11.2 Å². The molecule has 1 N–H and O–H groups in total. The zero-order valence-corrected chi connectivity index (χ0v) is 15.3. The highest BCUT2D eigenvalue weighted by atomic mass is 16.9. The first kappa shape index (κ1) is 17.7. The van der Waals surface area contributed by atoms with E-state index in [0.29, 0.717) is 50.9 Å². The molecular formula is C19H16N2O7. The molecule has 144 valence electrons. The van der Waals surface area contributed by atoms with Crippen molar-refractivity contribution in [3.8, 4) is 45.4 Å². The number of fused-ring (bicyclic) bond motifs is 1. The number of nitrogens with one attached hydrogen (secondary N) is 1. The molecule has 2 aromatic carbocycles. The fourth-order valence-corrected chi connectivity index (χ4v) is 2.94. The number of methoxy groups -OCH3 is 3. The van der Waals surface area contributed by atoms with E-state index < -0.39 is 5.97 Å². The van der Waals surface area contributed by atoms with Crippen LogP contribution in [0.3, 0.4) is 0 Å². The summed E-state index contributed by atoms with van der Waals surface area (Å²) in [5.74, 6) is 1.26. The van der Waals surface area contributed by atoms with E-state index in [4.69, 9.17) is 28.4 Å². The molecule has 0 amide bonds. The van der Waals surface area contributed by atoms with Crippen LogP contribution in [0.1, 0.15) is 10.4 Å². The van der Waals surface area contributed by atoms with Gasteiger partial charge in [0.1, 0.15) is 23.3 Å². The number of esters is 1. The Morgan fingerprint density at radius 3 is 2.57 bits per heavy atom. The second-order valence-electron chi connectivity index (χ2n) is 5.78. The third-order valence-corrected chi connectivity index (χ3v) is 4.29. The summed E-state index contributed by atoms with van der Waals surface area (Å²) in [7, 11) is 4.32. The van der Waals surface area contributed by atoms with Gasteiger partial charge >= 0.3 is 5.97 Å². The minimum atomic E-state index is -0.507. The van der Waals surface area contributed by atoms with E-state index in [1.165, 1.54) is 27.6 Å². The summed E-state index contributed by atoms with van der Waals surface area (Å²) in [5.41, 5.74) is 5.22. The van der Waals surface area contributed by atoms with Gasteiger partial charge in [0.2, 0.25) is 11.5 Å². The Morgan fingerprint density at radius 1 is 1.00 bits per heavy atom. The predicted molar refractivity (Wildman–Crippen MR) is 96.2 cm³/mol. The van der Waals surface area contributed by atoms with E-state index in [0.717, 1.165) is 0 Å². The zero-order chi connectivity index (χ0) is 19.7. The van der Waals surface area contributed by atoms with Crippen LogP contribution in [0, 0.1) is 0 Å². The number of ether oxygens (including phenoxy) is 3. The Bertz CT molecular complexity index is 1040. The highest BCUT2D eigenvalue weighted by Gasteiger charge is 2.24. The van der Waals surface area contributed by atoms with Crippen LogP contribution < -0.4 is 24.8 Å². The highest BCUT2D eigenvalue weighted by Crippen LogP contribution is 2.44. The summed E-state index contributed by atoms with van der Waals surface area (Å²) < 4.78 is 20.6. The van der Waals surface area contributed by atoms with E-state index in [1.54, 1.807) is 30.3 Å². The number of nitrogens with zero attached hydrogens (tertiary/aromatic N) is 1. The van der Waals surface area contributed by atoms with Crippen molar-refractivity contribution in [1.82, 2.24) is 10.8 Å². The number of benzene rings is 2. The lowest BCUT2D eigenvalue weighted by molar-refractivity contribution is 0.0248. The minimum Gasteiger partial charge on any atom is -0.496 e. The fourth-order valence-electron chi connectivity index (χ4n) is 2.94. The quantitative estimate of drug-likeness (QED) is 0.665. The third-order valence-electron chi connectivity index (χ3n) is 4.29. The molecule has 0 saturated carbocycles. The normalized spacial score (nSPS) is 12.0. The maximum Gasteiger partial charge on any atom is 0.341 e. The van der Waals surface area contributed by atoms with Gasteiger partial charge < -0.3 is 28.4 Å². The summed E-state index contributed by atoms with van der Waals surface area (Å²) in [4.78, 5) is 22.5. The van der Waals surface area contributed by atoms with E-state index >= 15 is 0 Å². The minimum absolute atomic E-state index is 0.294. The van der Waals surface area contributed by atoms with Crippen LogP contribution in [-0.4, -0.2) is 32.5 Å². The monoisotopic (exact) mass is 384 g/mol. The number of hydrogen-bond acceptors (Lipinski definition) is 9. The molecule has 0 unspecified atom stereocenters. The highest BCUT2D eigenvalue weighted by molar-refractivity contribution is 5.95. The topological polar surface area (TPSA) is 101 Å². The molecule has 0 spiro atoms. The van der Waals surface area contributed by atoms with E-state index in [9.17, 15) is 4.79 Å². The van der Waals surface area contributed by atoms with Crippen molar-refractivity contribution >= 4 is 5.97 Å². The summed E-state index contributed by atoms with van der Waals surface area (Å²) in [6.45, 7) is 0. The van der Waals surface area contributed by atoms with Crippen molar-refractivity contribution in [2.75, 3.05) is 21.3 Å². The van der Waals surface area contributed by atoms with Gasteiger partial charge in [-0.05, 0) is 29.8 Å². The number of hydrogen-bond donors (Lipinski definition) is 1. The Kier molecular flexibility index (Phi) is 4.50. The van der Waals surface area contributed by atoms with Crippen LogP contribution >= 0.6 is 0 Å². The lowest BCUT2D eigenvalue weighted by Crippen LogP contribution is -2.14. The van der Waals surface area contributed by atoms with Gasteiger partial charge in [0.05, 0.1) is 21.3 Å². The number of aromatic nitrogens is 1. The fraction of sp³-hybridized carbons (Fsp3) is 0.158. The van der Waals surface area contributed by atoms with Crippen LogP contribution in [0.25, 0.3) is 22.4 Å². The Morgan fingerprint density at radius 2 is 1.82 bits per heavy atom. The van der Waals surface area contributed by atoms with Crippen LogP contribution in [0.4, 0.5) is 0 Å². The van der Waals surface area contributed by atoms with Gasteiger partial charge in [-0.15, -0.1) is 0 Å². The van der Waals surface area contributed by atoms with Crippen molar-refractivity contribution in [2.24, 2.45) is 0 Å². The second-order valence-corrected chi connectivity index (χ2v) is 5.78. The standard InChI is InChI=1S/C19H16N2O7/c1-23-14-5-4-10(6-12(14)19(22)25-3)13-9-26-20-17(13)11-7-15(24-2)18-16(8-11)27-21-28-18/h4-9,21H,1-3H3. The molecule has 0 aliphatic carbocycles. The summed E-state index contributed by atoms with van der Waals surface area (Å²) in [5, 5.41) is 4.11. The number of carbonyl (C=O) groups is 1. The number of rotatable bonds is 5. The molecule has 0 fully saturated rings. The van der Waals surface area contributed by atoms with Gasteiger partial charge in [0, 0.05) is 16.8 Å². The molecule has 4 rings (SSSR count). The average molecular weight is 384 g/mol. The molecular weight excluding hydrogens is 368 g/mol.